The van der Waals surface area contributed by atoms with E-state index < -0.39 is 0 Å². The van der Waals surface area contributed by atoms with Gasteiger partial charge in [0.2, 0.25) is 0 Å². The molecule has 88 valence electrons. The van der Waals surface area contributed by atoms with Crippen molar-refractivity contribution in [1.82, 2.24) is 4.98 Å². The third-order valence-electron chi connectivity index (χ3n) is 2.87. The van der Waals surface area contributed by atoms with E-state index in [9.17, 15) is 0 Å². The van der Waals surface area contributed by atoms with E-state index in [-0.39, 0.29) is 6.04 Å². The van der Waals surface area contributed by atoms with Crippen molar-refractivity contribution in [3.63, 3.8) is 0 Å². The van der Waals surface area contributed by atoms with Crippen LogP contribution in [0.3, 0.4) is 0 Å². The number of hydrogen-bond donors (Lipinski definition) is 1. The van der Waals surface area contributed by atoms with Crippen molar-refractivity contribution < 1.29 is 4.74 Å². The van der Waals surface area contributed by atoms with Crippen molar-refractivity contribution in [3.8, 4) is 5.75 Å². The molecule has 2 aromatic rings. The fourth-order valence-corrected chi connectivity index (χ4v) is 1.82. The molecule has 3 nitrogen and oxygen atoms in total. The number of aromatic nitrogens is 1. The maximum atomic E-state index is 6.24. The summed E-state index contributed by atoms with van der Waals surface area (Å²) in [6, 6.07) is 9.66. The van der Waals surface area contributed by atoms with E-state index in [0.29, 0.717) is 0 Å². The van der Waals surface area contributed by atoms with Gasteiger partial charge in [-0.05, 0) is 41.8 Å². The van der Waals surface area contributed by atoms with E-state index in [0.717, 1.165) is 22.4 Å². The van der Waals surface area contributed by atoms with Gasteiger partial charge in [0.1, 0.15) is 5.75 Å². The summed E-state index contributed by atoms with van der Waals surface area (Å²) < 4.78 is 5.13. The smallest absolute Gasteiger partial charge is 0.118 e. The Balaban J connectivity index is 2.30. The summed E-state index contributed by atoms with van der Waals surface area (Å²) in [4.78, 5) is 4.07. The molecule has 0 fully saturated rings. The number of methoxy groups -OCH3 is 1. The second-order valence-corrected chi connectivity index (χ2v) is 3.98. The second kappa shape index (κ2) is 4.97. The highest BCUT2D eigenvalue weighted by Gasteiger charge is 2.10. The Hall–Kier alpha value is -1.87. The predicted molar refractivity (Wildman–Crippen MR) is 68.0 cm³/mol. The van der Waals surface area contributed by atoms with Crippen LogP contribution in [-0.2, 0) is 0 Å². The summed E-state index contributed by atoms with van der Waals surface area (Å²) in [5, 5.41) is 0. The molecule has 0 aliphatic heterocycles. The number of nitrogens with two attached hydrogens (primary N) is 1. The van der Waals surface area contributed by atoms with Crippen LogP contribution in [0.5, 0.6) is 5.75 Å². The Morgan fingerprint density at radius 2 is 1.88 bits per heavy atom. The molecule has 1 aromatic carbocycles. The largest absolute Gasteiger partial charge is 0.497 e. The maximum Gasteiger partial charge on any atom is 0.118 e. The molecular weight excluding hydrogens is 212 g/mol. The molecule has 0 aliphatic carbocycles. The minimum Gasteiger partial charge on any atom is -0.497 e. The van der Waals surface area contributed by atoms with Gasteiger partial charge in [-0.2, -0.15) is 0 Å². The van der Waals surface area contributed by atoms with Gasteiger partial charge in [-0.3, -0.25) is 4.98 Å². The van der Waals surface area contributed by atoms with Gasteiger partial charge in [-0.15, -0.1) is 0 Å². The van der Waals surface area contributed by atoms with Crippen molar-refractivity contribution in [2.75, 3.05) is 7.11 Å². The first-order valence-corrected chi connectivity index (χ1v) is 5.52. The molecule has 0 saturated carbocycles. The number of rotatable bonds is 3. The minimum absolute atomic E-state index is 0.121. The molecule has 1 atom stereocenters. The third kappa shape index (κ3) is 2.45. The minimum atomic E-state index is -0.121. The molecule has 2 rings (SSSR count). The van der Waals surface area contributed by atoms with Crippen LogP contribution in [0.4, 0.5) is 0 Å². The number of benzene rings is 1. The van der Waals surface area contributed by atoms with Crippen LogP contribution in [0.15, 0.2) is 42.7 Å². The molecular formula is C14H16N2O. The van der Waals surface area contributed by atoms with Crippen molar-refractivity contribution in [3.05, 3.63) is 59.4 Å². The number of pyridine rings is 1. The first-order valence-electron chi connectivity index (χ1n) is 5.52. The molecule has 0 saturated heterocycles. The molecule has 0 spiro atoms. The summed E-state index contributed by atoms with van der Waals surface area (Å²) in [6.07, 6.45) is 3.60. The van der Waals surface area contributed by atoms with Crippen LogP contribution in [0, 0.1) is 6.92 Å². The van der Waals surface area contributed by atoms with Gasteiger partial charge in [0.05, 0.1) is 13.2 Å². The molecule has 0 bridgehead atoms. The van der Waals surface area contributed by atoms with Crippen molar-refractivity contribution in [2.24, 2.45) is 5.73 Å². The number of aryl methyl sites for hydroxylation is 1. The lowest BCUT2D eigenvalue weighted by atomic mass is 9.97. The fraction of sp³-hybridized carbons (Fsp3) is 0.214. The van der Waals surface area contributed by atoms with E-state index in [2.05, 4.69) is 4.98 Å². The van der Waals surface area contributed by atoms with E-state index in [4.69, 9.17) is 10.5 Å². The zero-order valence-electron chi connectivity index (χ0n) is 10.1. The SMILES string of the molecule is COc1ccc(C(N)c2ccncc2C)cc1. The zero-order valence-corrected chi connectivity index (χ0v) is 10.1. The monoisotopic (exact) mass is 228 g/mol. The van der Waals surface area contributed by atoms with Gasteiger partial charge in [0.25, 0.3) is 0 Å². The van der Waals surface area contributed by atoms with E-state index in [1.807, 2.05) is 43.5 Å². The number of ether oxygens (including phenoxy) is 1. The summed E-state index contributed by atoms with van der Waals surface area (Å²) in [6.45, 7) is 2.02. The first-order chi connectivity index (χ1) is 8.22. The van der Waals surface area contributed by atoms with Gasteiger partial charge in [-0.1, -0.05) is 12.1 Å². The third-order valence-corrected chi connectivity index (χ3v) is 2.87. The highest BCUT2D eigenvalue weighted by molar-refractivity contribution is 5.37. The molecule has 0 amide bonds. The van der Waals surface area contributed by atoms with E-state index >= 15 is 0 Å². The van der Waals surface area contributed by atoms with Gasteiger partial charge < -0.3 is 10.5 Å². The fourth-order valence-electron chi connectivity index (χ4n) is 1.82. The highest BCUT2D eigenvalue weighted by atomic mass is 16.5. The molecule has 0 aliphatic rings. The highest BCUT2D eigenvalue weighted by Crippen LogP contribution is 2.23. The predicted octanol–water partition coefficient (Wildman–Crippen LogP) is 2.45. The molecule has 1 aromatic heterocycles. The maximum absolute atomic E-state index is 6.24. The summed E-state index contributed by atoms with van der Waals surface area (Å²) in [5.74, 6) is 0.840. The van der Waals surface area contributed by atoms with Crippen LogP contribution in [0.1, 0.15) is 22.7 Å². The van der Waals surface area contributed by atoms with Gasteiger partial charge in [-0.25, -0.2) is 0 Å². The quantitative estimate of drug-likeness (QED) is 0.877. The van der Waals surface area contributed by atoms with E-state index in [1.165, 1.54) is 0 Å². The Labute approximate surface area is 101 Å². The summed E-state index contributed by atoms with van der Waals surface area (Å²) >= 11 is 0. The van der Waals surface area contributed by atoms with Crippen LogP contribution >= 0.6 is 0 Å². The van der Waals surface area contributed by atoms with Gasteiger partial charge in [0, 0.05) is 12.4 Å². The number of hydrogen-bond acceptors (Lipinski definition) is 3. The lowest BCUT2D eigenvalue weighted by Crippen LogP contribution is -2.13. The molecule has 0 radical (unpaired) electrons. The first kappa shape index (κ1) is 11.6. The summed E-state index contributed by atoms with van der Waals surface area (Å²) in [7, 11) is 1.65. The Morgan fingerprint density at radius 3 is 2.47 bits per heavy atom. The summed E-state index contributed by atoms with van der Waals surface area (Å²) in [5.41, 5.74) is 9.52. The van der Waals surface area contributed by atoms with Crippen molar-refractivity contribution in [1.29, 1.82) is 0 Å². The normalized spacial score (nSPS) is 12.2. The molecule has 3 heteroatoms. The Kier molecular flexibility index (Phi) is 3.40. The average molecular weight is 228 g/mol. The standard InChI is InChI=1S/C14H16N2O/c1-10-9-16-8-7-13(10)14(15)11-3-5-12(17-2)6-4-11/h3-9,14H,15H2,1-2H3. The van der Waals surface area contributed by atoms with Crippen LogP contribution in [0.25, 0.3) is 0 Å². The molecule has 17 heavy (non-hydrogen) atoms. The van der Waals surface area contributed by atoms with Crippen LogP contribution < -0.4 is 10.5 Å². The molecule has 2 N–H and O–H groups in total. The van der Waals surface area contributed by atoms with Gasteiger partial charge in [0.15, 0.2) is 0 Å². The lowest BCUT2D eigenvalue weighted by Gasteiger charge is -2.15. The Bertz CT molecular complexity index is 494. The number of nitrogens with zero attached hydrogens (tertiary/aromatic N) is 1. The average Bonchev–Trinajstić information content (AvgIpc) is 2.39. The van der Waals surface area contributed by atoms with Crippen LogP contribution in [-0.4, -0.2) is 12.1 Å². The Morgan fingerprint density at radius 1 is 1.18 bits per heavy atom. The second-order valence-electron chi connectivity index (χ2n) is 3.98. The molecule has 1 unspecified atom stereocenters. The topological polar surface area (TPSA) is 48.1 Å². The zero-order chi connectivity index (χ0) is 12.3. The molecule has 1 heterocycles. The van der Waals surface area contributed by atoms with Crippen molar-refractivity contribution in [2.45, 2.75) is 13.0 Å². The van der Waals surface area contributed by atoms with Gasteiger partial charge >= 0.3 is 0 Å². The van der Waals surface area contributed by atoms with Crippen LogP contribution in [0.2, 0.25) is 0 Å². The lowest BCUT2D eigenvalue weighted by molar-refractivity contribution is 0.414. The van der Waals surface area contributed by atoms with E-state index in [1.54, 1.807) is 13.3 Å². The van der Waals surface area contributed by atoms with Crippen molar-refractivity contribution >= 4 is 0 Å².